The minimum absolute atomic E-state index is 0.199. The predicted octanol–water partition coefficient (Wildman–Crippen LogP) is 4.95. The Hall–Kier alpha value is -2.30. The maximum atomic E-state index is 12.1. The summed E-state index contributed by atoms with van der Waals surface area (Å²) < 4.78 is 10.3. The number of fused-ring (bicyclic) bond motifs is 1. The van der Waals surface area contributed by atoms with E-state index < -0.39 is 5.24 Å². The Morgan fingerprint density at radius 2 is 1.62 bits per heavy atom. The Bertz CT molecular complexity index is 924. The largest absolute Gasteiger partial charge is 0.497 e. The minimum atomic E-state index is -0.597. The number of benzene rings is 2. The summed E-state index contributed by atoms with van der Waals surface area (Å²) >= 11 is 12.2. The van der Waals surface area contributed by atoms with Gasteiger partial charge in [-0.3, -0.25) is 4.79 Å². The zero-order chi connectivity index (χ0) is 17.3. The number of hydrogen-bond acceptors (Lipinski definition) is 4. The van der Waals surface area contributed by atoms with Crippen LogP contribution in [0.25, 0.3) is 22.0 Å². The molecule has 0 atom stereocenters. The Labute approximate surface area is 148 Å². The zero-order valence-electron chi connectivity index (χ0n) is 13.0. The maximum Gasteiger partial charge on any atom is 0.253 e. The lowest BCUT2D eigenvalue weighted by atomic mass is 9.98. The molecule has 24 heavy (non-hydrogen) atoms. The number of carbonyl (C=O) groups excluding carboxylic acids is 1. The number of pyridine rings is 1. The van der Waals surface area contributed by atoms with Crippen molar-refractivity contribution in [1.29, 1.82) is 0 Å². The molecule has 0 aliphatic rings. The fraction of sp³-hybridized carbons (Fsp3) is 0.111. The van der Waals surface area contributed by atoms with Gasteiger partial charge in [-0.05, 0) is 41.4 Å². The number of hydrogen-bond donors (Lipinski definition) is 0. The number of ether oxygens (including phenoxy) is 2. The maximum absolute atomic E-state index is 12.1. The third kappa shape index (κ3) is 2.90. The summed E-state index contributed by atoms with van der Waals surface area (Å²) in [5, 5.41) is 0.219. The second kappa shape index (κ2) is 6.67. The van der Waals surface area contributed by atoms with Crippen LogP contribution in [-0.4, -0.2) is 24.4 Å². The summed E-state index contributed by atoms with van der Waals surface area (Å²) in [7, 11) is 3.14. The normalized spacial score (nSPS) is 10.7. The van der Waals surface area contributed by atoms with Crippen molar-refractivity contribution in [2.24, 2.45) is 0 Å². The van der Waals surface area contributed by atoms with E-state index in [0.29, 0.717) is 33.5 Å². The van der Waals surface area contributed by atoms with Crippen molar-refractivity contribution in [3.8, 4) is 22.6 Å². The molecule has 4 nitrogen and oxygen atoms in total. The van der Waals surface area contributed by atoms with Crippen LogP contribution in [0.1, 0.15) is 10.4 Å². The third-order valence-corrected chi connectivity index (χ3v) is 4.19. The molecule has 0 fully saturated rings. The summed E-state index contributed by atoms with van der Waals surface area (Å²) in [5.41, 5.74) is 2.09. The molecule has 0 amide bonds. The Kier molecular flexibility index (Phi) is 4.60. The number of methoxy groups -OCH3 is 2. The van der Waals surface area contributed by atoms with Gasteiger partial charge in [-0.25, -0.2) is 4.98 Å². The first-order chi connectivity index (χ1) is 11.5. The van der Waals surface area contributed by atoms with Crippen LogP contribution >= 0.6 is 23.2 Å². The van der Waals surface area contributed by atoms with Gasteiger partial charge in [0.2, 0.25) is 0 Å². The van der Waals surface area contributed by atoms with E-state index in [0.717, 1.165) is 5.56 Å². The summed E-state index contributed by atoms with van der Waals surface area (Å²) in [6.07, 6.45) is 0. The molecule has 3 rings (SSSR count). The second-order valence-corrected chi connectivity index (χ2v) is 5.74. The van der Waals surface area contributed by atoms with Crippen LogP contribution in [-0.2, 0) is 0 Å². The van der Waals surface area contributed by atoms with E-state index in [9.17, 15) is 4.79 Å². The fourth-order valence-electron chi connectivity index (χ4n) is 2.57. The van der Waals surface area contributed by atoms with Gasteiger partial charge in [-0.2, -0.15) is 0 Å². The molecule has 0 bridgehead atoms. The standard InChI is InChI=1S/C18H13Cl2NO3/c1-23-11-5-3-10(4-6-11)15-16(18(20)22)13-8-7-12(24-2)9-14(13)21-17(15)19/h3-9H,1-2H3. The number of aromatic nitrogens is 1. The highest BCUT2D eigenvalue weighted by molar-refractivity contribution is 6.69. The first-order valence-electron chi connectivity index (χ1n) is 7.06. The van der Waals surface area contributed by atoms with Crippen LogP contribution < -0.4 is 9.47 Å². The molecule has 0 N–H and O–H groups in total. The molecule has 2 aromatic carbocycles. The number of nitrogens with zero attached hydrogens (tertiary/aromatic N) is 1. The van der Waals surface area contributed by atoms with Crippen LogP contribution in [0.2, 0.25) is 5.15 Å². The van der Waals surface area contributed by atoms with Gasteiger partial charge in [-0.1, -0.05) is 23.7 Å². The Morgan fingerprint density at radius 3 is 2.21 bits per heavy atom. The van der Waals surface area contributed by atoms with Crippen molar-refractivity contribution in [3.05, 3.63) is 53.2 Å². The van der Waals surface area contributed by atoms with E-state index in [-0.39, 0.29) is 5.15 Å². The molecule has 1 heterocycles. The van der Waals surface area contributed by atoms with Crippen LogP contribution in [0.4, 0.5) is 0 Å². The van der Waals surface area contributed by atoms with Crippen molar-refractivity contribution in [2.75, 3.05) is 14.2 Å². The molecular weight excluding hydrogens is 349 g/mol. The van der Waals surface area contributed by atoms with Crippen LogP contribution in [0.5, 0.6) is 11.5 Å². The first-order valence-corrected chi connectivity index (χ1v) is 7.82. The Balaban J connectivity index is 2.31. The molecule has 0 saturated carbocycles. The van der Waals surface area contributed by atoms with Crippen molar-refractivity contribution in [3.63, 3.8) is 0 Å². The van der Waals surface area contributed by atoms with Gasteiger partial charge in [-0.15, -0.1) is 0 Å². The van der Waals surface area contributed by atoms with Crippen molar-refractivity contribution >= 4 is 39.3 Å². The smallest absolute Gasteiger partial charge is 0.253 e. The minimum Gasteiger partial charge on any atom is -0.497 e. The SMILES string of the molecule is COc1ccc(-c2c(Cl)nc3cc(OC)ccc3c2C(=O)Cl)cc1. The third-order valence-electron chi connectivity index (χ3n) is 3.72. The quantitative estimate of drug-likeness (QED) is 0.487. The number of rotatable bonds is 4. The molecule has 3 aromatic rings. The van der Waals surface area contributed by atoms with Crippen LogP contribution in [0.15, 0.2) is 42.5 Å². The van der Waals surface area contributed by atoms with Crippen LogP contribution in [0.3, 0.4) is 0 Å². The highest BCUT2D eigenvalue weighted by Crippen LogP contribution is 2.37. The lowest BCUT2D eigenvalue weighted by molar-refractivity contribution is 0.108. The summed E-state index contributed by atoms with van der Waals surface area (Å²) in [6.45, 7) is 0. The van der Waals surface area contributed by atoms with Gasteiger partial charge < -0.3 is 9.47 Å². The predicted molar refractivity (Wildman–Crippen MR) is 95.5 cm³/mol. The highest BCUT2D eigenvalue weighted by Gasteiger charge is 2.20. The first kappa shape index (κ1) is 16.6. The number of carbonyl (C=O) groups is 1. The molecule has 0 saturated heterocycles. The lowest BCUT2D eigenvalue weighted by Gasteiger charge is -2.13. The average Bonchev–Trinajstić information content (AvgIpc) is 2.60. The van der Waals surface area contributed by atoms with Crippen molar-refractivity contribution in [1.82, 2.24) is 4.98 Å². The molecule has 0 radical (unpaired) electrons. The van der Waals surface area contributed by atoms with Gasteiger partial charge >= 0.3 is 0 Å². The lowest BCUT2D eigenvalue weighted by Crippen LogP contribution is -2.00. The highest BCUT2D eigenvalue weighted by atomic mass is 35.5. The van der Waals surface area contributed by atoms with Gasteiger partial charge in [0.15, 0.2) is 0 Å². The molecule has 0 spiro atoms. The average molecular weight is 362 g/mol. The van der Waals surface area contributed by atoms with E-state index in [1.165, 1.54) is 0 Å². The second-order valence-electron chi connectivity index (χ2n) is 5.04. The zero-order valence-corrected chi connectivity index (χ0v) is 14.5. The van der Waals surface area contributed by atoms with E-state index >= 15 is 0 Å². The molecule has 6 heteroatoms. The molecule has 0 aliphatic heterocycles. The van der Waals surface area contributed by atoms with E-state index in [1.807, 2.05) is 0 Å². The number of halogens is 2. The van der Waals surface area contributed by atoms with Gasteiger partial charge in [0.1, 0.15) is 16.7 Å². The summed E-state index contributed by atoms with van der Waals surface area (Å²) in [4.78, 5) is 16.5. The van der Waals surface area contributed by atoms with Gasteiger partial charge in [0, 0.05) is 17.0 Å². The van der Waals surface area contributed by atoms with Crippen molar-refractivity contribution < 1.29 is 14.3 Å². The summed E-state index contributed by atoms with van der Waals surface area (Å²) in [6, 6.07) is 12.4. The fourth-order valence-corrected chi connectivity index (χ4v) is 3.06. The van der Waals surface area contributed by atoms with E-state index in [2.05, 4.69) is 4.98 Å². The van der Waals surface area contributed by atoms with Crippen molar-refractivity contribution in [2.45, 2.75) is 0 Å². The van der Waals surface area contributed by atoms with Gasteiger partial charge in [0.25, 0.3) is 5.24 Å². The van der Waals surface area contributed by atoms with E-state index in [1.54, 1.807) is 56.7 Å². The monoisotopic (exact) mass is 361 g/mol. The van der Waals surface area contributed by atoms with Crippen LogP contribution in [0, 0.1) is 0 Å². The summed E-state index contributed by atoms with van der Waals surface area (Å²) in [5.74, 6) is 1.32. The van der Waals surface area contributed by atoms with Gasteiger partial charge in [0.05, 0.1) is 25.3 Å². The molecule has 0 unspecified atom stereocenters. The Morgan fingerprint density at radius 1 is 1.00 bits per heavy atom. The molecule has 1 aromatic heterocycles. The molecule has 122 valence electrons. The van der Waals surface area contributed by atoms with E-state index in [4.69, 9.17) is 32.7 Å². The topological polar surface area (TPSA) is 48.4 Å². The molecular formula is C18H13Cl2NO3. The molecule has 0 aliphatic carbocycles.